The lowest BCUT2D eigenvalue weighted by Gasteiger charge is -2.05. The van der Waals surface area contributed by atoms with E-state index in [1.165, 1.54) is 16.8 Å². The second-order valence-electron chi connectivity index (χ2n) is 3.78. The summed E-state index contributed by atoms with van der Waals surface area (Å²) >= 11 is 6.06. The van der Waals surface area contributed by atoms with Crippen molar-refractivity contribution in [3.05, 3.63) is 47.5 Å². The average Bonchev–Trinajstić information content (AvgIpc) is 2.72. The van der Waals surface area contributed by atoms with Gasteiger partial charge in [0.2, 0.25) is 0 Å². The van der Waals surface area contributed by atoms with Gasteiger partial charge in [-0.25, -0.2) is 13.9 Å². The minimum absolute atomic E-state index is 0.329. The minimum Gasteiger partial charge on any atom is -0.229 e. The van der Waals surface area contributed by atoms with Gasteiger partial charge in [-0.05, 0) is 17.6 Å². The predicted octanol–water partition coefficient (Wildman–Crippen LogP) is 1.98. The van der Waals surface area contributed by atoms with Crippen LogP contribution in [-0.4, -0.2) is 22.4 Å². The Kier molecular flexibility index (Phi) is 2.56. The maximum atomic E-state index is 13.7. The van der Waals surface area contributed by atoms with Crippen LogP contribution in [0.5, 0.6) is 0 Å². The van der Waals surface area contributed by atoms with Crippen molar-refractivity contribution in [3.8, 4) is 11.3 Å². The van der Waals surface area contributed by atoms with Crippen LogP contribution in [0.15, 0.2) is 36.5 Å². The zero-order valence-corrected chi connectivity index (χ0v) is 9.89. The summed E-state index contributed by atoms with van der Waals surface area (Å²) in [5.41, 5.74) is 1.62. The average molecular weight is 257 g/mol. The maximum Gasteiger partial charge on any atom is 0.150 e. The zero-order chi connectivity index (χ0) is 12.7. The lowest BCUT2D eigenvalue weighted by Crippen LogP contribution is -2.04. The Labute approximate surface area is 109 Å². The molecule has 86 valence electrons. The summed E-state index contributed by atoms with van der Waals surface area (Å²) in [5.74, 6) is -0.358. The molecule has 0 aliphatic carbocycles. The number of halogens is 2. The Hall–Kier alpha value is -1.88. The van der Waals surface area contributed by atoms with E-state index in [9.17, 15) is 4.39 Å². The third-order valence-electron chi connectivity index (χ3n) is 2.61. The van der Waals surface area contributed by atoms with Crippen LogP contribution in [0.25, 0.3) is 16.9 Å². The van der Waals surface area contributed by atoms with Gasteiger partial charge in [0.05, 0.1) is 5.69 Å². The summed E-state index contributed by atoms with van der Waals surface area (Å²) in [4.78, 5) is 4.28. The summed E-state index contributed by atoms with van der Waals surface area (Å²) in [6.45, 7) is 0. The van der Waals surface area contributed by atoms with Gasteiger partial charge < -0.3 is 0 Å². The number of hydrogen-bond acceptors (Lipinski definition) is 2. The van der Waals surface area contributed by atoms with Gasteiger partial charge in [0, 0.05) is 17.8 Å². The van der Waals surface area contributed by atoms with E-state index in [1.807, 2.05) is 0 Å². The fraction of sp³-hybridized carbons (Fsp3) is 0. The molecular weight excluding hydrogens is 251 g/mol. The van der Waals surface area contributed by atoms with Crippen LogP contribution in [-0.2, 0) is 0 Å². The number of rotatable bonds is 1. The van der Waals surface area contributed by atoms with E-state index >= 15 is 0 Å². The van der Waals surface area contributed by atoms with Gasteiger partial charge in [-0.2, -0.15) is 5.10 Å². The highest BCUT2D eigenvalue weighted by Gasteiger charge is 2.11. The third-order valence-corrected chi connectivity index (χ3v) is 2.87. The van der Waals surface area contributed by atoms with Gasteiger partial charge in [-0.1, -0.05) is 23.7 Å². The van der Waals surface area contributed by atoms with Gasteiger partial charge in [0.25, 0.3) is 0 Å². The van der Waals surface area contributed by atoms with Crippen LogP contribution in [0.4, 0.5) is 4.39 Å². The van der Waals surface area contributed by atoms with Gasteiger partial charge >= 0.3 is 0 Å². The Morgan fingerprint density at radius 3 is 2.83 bits per heavy atom. The van der Waals surface area contributed by atoms with Gasteiger partial charge in [-0.15, -0.1) is 0 Å². The largest absolute Gasteiger partial charge is 0.229 e. The Balaban J connectivity index is 2.31. The first kappa shape index (κ1) is 11.2. The fourth-order valence-corrected chi connectivity index (χ4v) is 1.98. The summed E-state index contributed by atoms with van der Waals surface area (Å²) < 4.78 is 15.1. The molecule has 0 saturated carbocycles. The molecule has 0 spiro atoms. The van der Waals surface area contributed by atoms with Crippen LogP contribution in [0.2, 0.25) is 5.15 Å². The fourth-order valence-electron chi connectivity index (χ4n) is 1.75. The first-order chi connectivity index (χ1) is 8.66. The molecule has 0 aliphatic rings. The van der Waals surface area contributed by atoms with E-state index in [0.717, 1.165) is 0 Å². The van der Waals surface area contributed by atoms with Crippen LogP contribution in [0.3, 0.4) is 0 Å². The van der Waals surface area contributed by atoms with Crippen molar-refractivity contribution in [1.82, 2.24) is 14.6 Å². The quantitative estimate of drug-likeness (QED) is 0.493. The van der Waals surface area contributed by atoms with E-state index in [-0.39, 0.29) is 5.82 Å². The van der Waals surface area contributed by atoms with E-state index in [1.54, 1.807) is 24.3 Å². The number of aromatic nitrogens is 3. The summed E-state index contributed by atoms with van der Waals surface area (Å²) in [5, 5.41) is 4.31. The van der Waals surface area contributed by atoms with E-state index < -0.39 is 0 Å². The predicted molar refractivity (Wildman–Crippen MR) is 68.8 cm³/mol. The molecule has 0 aliphatic heterocycles. The molecule has 0 fully saturated rings. The SMILES string of the molecule is [B]c1cnn2c(Cl)cc(-c3ccccc3F)nc12. The van der Waals surface area contributed by atoms with Crippen LogP contribution < -0.4 is 5.46 Å². The van der Waals surface area contributed by atoms with E-state index in [4.69, 9.17) is 19.4 Å². The lowest BCUT2D eigenvalue weighted by molar-refractivity contribution is 0.630. The van der Waals surface area contributed by atoms with E-state index in [0.29, 0.717) is 27.5 Å². The topological polar surface area (TPSA) is 30.2 Å². The maximum absolute atomic E-state index is 13.7. The van der Waals surface area contributed by atoms with Gasteiger partial charge in [-0.3, -0.25) is 0 Å². The molecule has 2 heterocycles. The van der Waals surface area contributed by atoms with Crippen molar-refractivity contribution >= 4 is 30.6 Å². The van der Waals surface area contributed by atoms with E-state index in [2.05, 4.69) is 10.1 Å². The first-order valence-corrected chi connectivity index (χ1v) is 5.59. The number of nitrogens with zero attached hydrogens (tertiary/aromatic N) is 3. The molecule has 2 aromatic heterocycles. The molecule has 2 radical (unpaired) electrons. The highest BCUT2D eigenvalue weighted by molar-refractivity contribution is 6.36. The molecule has 0 amide bonds. The number of benzene rings is 1. The normalized spacial score (nSPS) is 11.0. The van der Waals surface area contributed by atoms with Crippen LogP contribution in [0.1, 0.15) is 0 Å². The number of hydrogen-bond donors (Lipinski definition) is 0. The van der Waals surface area contributed by atoms with Crippen molar-refractivity contribution in [3.63, 3.8) is 0 Å². The Morgan fingerprint density at radius 1 is 1.28 bits per heavy atom. The van der Waals surface area contributed by atoms with Crippen LogP contribution >= 0.6 is 11.6 Å². The molecule has 0 bridgehead atoms. The molecular formula is C12H6BClFN3. The Morgan fingerprint density at radius 2 is 2.06 bits per heavy atom. The van der Waals surface area contributed by atoms with Crippen molar-refractivity contribution in [2.45, 2.75) is 0 Å². The van der Waals surface area contributed by atoms with Crippen LogP contribution in [0, 0.1) is 5.82 Å². The second kappa shape index (κ2) is 4.10. The molecule has 3 rings (SSSR count). The molecule has 18 heavy (non-hydrogen) atoms. The van der Waals surface area contributed by atoms with Crippen molar-refractivity contribution in [2.24, 2.45) is 0 Å². The molecule has 0 atom stereocenters. The van der Waals surface area contributed by atoms with Crippen molar-refractivity contribution < 1.29 is 4.39 Å². The zero-order valence-electron chi connectivity index (χ0n) is 9.14. The Bertz CT molecular complexity index is 741. The van der Waals surface area contributed by atoms with Gasteiger partial charge in [0.1, 0.15) is 24.5 Å². The molecule has 0 N–H and O–H groups in total. The smallest absolute Gasteiger partial charge is 0.150 e. The third kappa shape index (κ3) is 1.67. The molecule has 6 heteroatoms. The number of fused-ring (bicyclic) bond motifs is 1. The first-order valence-electron chi connectivity index (χ1n) is 5.21. The van der Waals surface area contributed by atoms with Gasteiger partial charge in [0.15, 0.2) is 0 Å². The standard InChI is InChI=1S/C12H6BClFN3/c13-8-6-16-18-11(14)5-10(17-12(8)18)7-3-1-2-4-9(7)15/h1-6H. The summed E-state index contributed by atoms with van der Waals surface area (Å²) in [6, 6.07) is 7.91. The molecule has 0 saturated heterocycles. The summed E-state index contributed by atoms with van der Waals surface area (Å²) in [7, 11) is 5.73. The second-order valence-corrected chi connectivity index (χ2v) is 4.17. The molecule has 1 aromatic carbocycles. The van der Waals surface area contributed by atoms with Crippen molar-refractivity contribution in [2.75, 3.05) is 0 Å². The highest BCUT2D eigenvalue weighted by atomic mass is 35.5. The molecule has 3 nitrogen and oxygen atoms in total. The van der Waals surface area contributed by atoms with Crippen molar-refractivity contribution in [1.29, 1.82) is 0 Å². The molecule has 3 aromatic rings. The monoisotopic (exact) mass is 257 g/mol. The highest BCUT2D eigenvalue weighted by Crippen LogP contribution is 2.23. The molecule has 0 unspecified atom stereocenters. The minimum atomic E-state index is -0.358. The summed E-state index contributed by atoms with van der Waals surface area (Å²) in [6.07, 6.45) is 1.46. The lowest BCUT2D eigenvalue weighted by atomic mass is 10.0.